The van der Waals surface area contributed by atoms with Gasteiger partial charge in [-0.3, -0.25) is 9.59 Å². The molecule has 0 aliphatic heterocycles. The normalized spacial score (nSPS) is 21.2. The van der Waals surface area contributed by atoms with Crippen LogP contribution in [0.1, 0.15) is 103 Å². The molecule has 2 heterocycles. The molecular weight excluding hydrogens is 729 g/mol. The lowest BCUT2D eigenvalue weighted by Gasteiger charge is -2.36. The molecule has 0 spiro atoms. The number of ketones is 2. The lowest BCUT2D eigenvalue weighted by molar-refractivity contribution is -0.127. The van der Waals surface area contributed by atoms with Crippen LogP contribution in [0.25, 0.3) is 0 Å². The fourth-order valence-corrected chi connectivity index (χ4v) is 6.92. The summed E-state index contributed by atoms with van der Waals surface area (Å²) >= 11 is 0. The Kier molecular flexibility index (Phi) is 15.3. The third-order valence-electron chi connectivity index (χ3n) is 10.2. The number of ether oxygens (including phenoxy) is 2. The van der Waals surface area contributed by atoms with Gasteiger partial charge in [0, 0.05) is 12.8 Å². The predicted octanol–water partition coefficient (Wildman–Crippen LogP) is 11.8. The van der Waals surface area contributed by atoms with Crippen molar-refractivity contribution in [2.24, 2.45) is 10.8 Å². The van der Waals surface area contributed by atoms with E-state index in [0.717, 1.165) is 33.4 Å². The van der Waals surface area contributed by atoms with Crippen LogP contribution in [0, 0.1) is 10.8 Å². The van der Waals surface area contributed by atoms with E-state index in [4.69, 9.17) is 18.3 Å². The maximum absolute atomic E-state index is 13.1. The van der Waals surface area contributed by atoms with Gasteiger partial charge in [0.2, 0.25) is 11.5 Å². The number of esters is 2. The first-order valence-electron chi connectivity index (χ1n) is 19.5. The van der Waals surface area contributed by atoms with E-state index >= 15 is 0 Å². The van der Waals surface area contributed by atoms with Gasteiger partial charge in [0.05, 0.1) is 12.5 Å². The molecule has 0 aromatic carbocycles. The van der Waals surface area contributed by atoms with Gasteiger partial charge in [0.1, 0.15) is 0 Å². The molecule has 2 unspecified atom stereocenters. The molecule has 0 fully saturated rings. The maximum atomic E-state index is 13.1. The van der Waals surface area contributed by atoms with Gasteiger partial charge < -0.3 is 18.3 Å². The molecule has 0 saturated carbocycles. The van der Waals surface area contributed by atoms with Gasteiger partial charge in [0.15, 0.2) is 23.8 Å². The van der Waals surface area contributed by atoms with Crippen molar-refractivity contribution in [1.29, 1.82) is 0 Å². The highest BCUT2D eigenvalue weighted by Crippen LogP contribution is 2.42. The van der Waals surface area contributed by atoms with Crippen LogP contribution in [-0.2, 0) is 19.1 Å². The van der Waals surface area contributed by atoms with E-state index in [2.05, 4.69) is 27.7 Å². The van der Waals surface area contributed by atoms with Gasteiger partial charge in [-0.1, -0.05) is 135 Å². The Labute approximate surface area is 343 Å². The van der Waals surface area contributed by atoms with Crippen molar-refractivity contribution >= 4 is 23.5 Å². The summed E-state index contributed by atoms with van der Waals surface area (Å²) in [6.45, 7) is 19.9. The average molecular weight is 785 g/mol. The molecule has 8 nitrogen and oxygen atoms in total. The molecule has 0 N–H and O–H groups in total. The summed E-state index contributed by atoms with van der Waals surface area (Å²) in [7, 11) is 0. The van der Waals surface area contributed by atoms with Crippen LogP contribution in [0.15, 0.2) is 175 Å². The summed E-state index contributed by atoms with van der Waals surface area (Å²) < 4.78 is 21.3. The first-order valence-corrected chi connectivity index (χ1v) is 19.5. The second kappa shape index (κ2) is 19.9. The van der Waals surface area contributed by atoms with Crippen LogP contribution < -0.4 is 0 Å². The Morgan fingerprint density at radius 2 is 0.931 bits per heavy atom. The summed E-state index contributed by atoms with van der Waals surface area (Å²) in [5.41, 5.74) is 6.52. The van der Waals surface area contributed by atoms with E-state index in [1.54, 1.807) is 26.0 Å². The highest BCUT2D eigenvalue weighted by Gasteiger charge is 2.41. The Balaban J connectivity index is 1.28. The van der Waals surface area contributed by atoms with Crippen LogP contribution in [-0.4, -0.2) is 35.7 Å². The molecule has 0 saturated heterocycles. The molecular formula is C50H56O8. The minimum absolute atomic E-state index is 0.0785. The third kappa shape index (κ3) is 12.2. The molecule has 2 aromatic heterocycles. The van der Waals surface area contributed by atoms with E-state index in [1.165, 1.54) is 24.7 Å². The number of furan rings is 2. The van der Waals surface area contributed by atoms with E-state index in [1.807, 2.05) is 113 Å². The zero-order valence-electron chi connectivity index (χ0n) is 35.4. The SMILES string of the molecule is CC1=C(/C=C/C(C)=C/C=C/C(C)=C/C=C/C=C(C)/C=C/C=C(C)/C=C/C2=C(C)C(=O)C(OC(=O)c3ccco3)CC2(C)C)C(C)(C)CC(OC(=O)c2ccco2)C1=O. The zero-order chi connectivity index (χ0) is 42.6. The van der Waals surface area contributed by atoms with Crippen LogP contribution in [0.4, 0.5) is 0 Å². The van der Waals surface area contributed by atoms with Gasteiger partial charge in [-0.15, -0.1) is 0 Å². The highest BCUT2D eigenvalue weighted by atomic mass is 16.6. The first-order chi connectivity index (χ1) is 27.4. The quantitative estimate of drug-likeness (QED) is 0.137. The minimum atomic E-state index is -0.853. The molecule has 2 aliphatic rings. The number of hydrogen-bond donors (Lipinski definition) is 0. The molecule has 304 valence electrons. The van der Waals surface area contributed by atoms with Crippen molar-refractivity contribution in [1.82, 2.24) is 0 Å². The van der Waals surface area contributed by atoms with Crippen LogP contribution in [0.5, 0.6) is 0 Å². The predicted molar refractivity (Wildman–Crippen MR) is 229 cm³/mol. The molecule has 0 amide bonds. The number of allylic oxidation sites excluding steroid dienone is 20. The van der Waals surface area contributed by atoms with E-state index in [-0.39, 0.29) is 33.9 Å². The molecule has 0 radical (unpaired) electrons. The molecule has 4 rings (SSSR count). The summed E-state index contributed by atoms with van der Waals surface area (Å²) in [6, 6.07) is 6.25. The second-order valence-corrected chi connectivity index (χ2v) is 16.1. The van der Waals surface area contributed by atoms with Gasteiger partial charge in [-0.05, 0) is 98.9 Å². The number of rotatable bonds is 14. The summed E-state index contributed by atoms with van der Waals surface area (Å²) in [5, 5.41) is 0. The zero-order valence-corrected chi connectivity index (χ0v) is 35.4. The summed E-state index contributed by atoms with van der Waals surface area (Å²) in [6.07, 6.45) is 30.0. The number of carbonyl (C=O) groups is 4. The lowest BCUT2D eigenvalue weighted by atomic mass is 9.71. The molecule has 58 heavy (non-hydrogen) atoms. The monoisotopic (exact) mass is 784 g/mol. The lowest BCUT2D eigenvalue weighted by Crippen LogP contribution is -2.39. The third-order valence-corrected chi connectivity index (χ3v) is 10.2. The topological polar surface area (TPSA) is 113 Å². The fraction of sp³-hybridized carbons (Fsp3) is 0.320. The molecule has 8 heteroatoms. The number of Topliss-reactive ketones (excluding diaryl/α,β-unsaturated/α-hetero) is 2. The number of hydrogen-bond acceptors (Lipinski definition) is 8. The Hall–Kier alpha value is -6.02. The van der Waals surface area contributed by atoms with Gasteiger partial charge in [0.25, 0.3) is 0 Å². The molecule has 2 atom stereocenters. The maximum Gasteiger partial charge on any atom is 0.374 e. The average Bonchev–Trinajstić information content (AvgIpc) is 3.90. The van der Waals surface area contributed by atoms with Crippen LogP contribution in [0.3, 0.4) is 0 Å². The summed E-state index contributed by atoms with van der Waals surface area (Å²) in [5.74, 6) is -1.50. The Morgan fingerprint density at radius 3 is 1.28 bits per heavy atom. The van der Waals surface area contributed by atoms with Crippen molar-refractivity contribution in [3.05, 3.63) is 178 Å². The van der Waals surface area contributed by atoms with Gasteiger partial charge in [-0.2, -0.15) is 0 Å². The smallest absolute Gasteiger partial charge is 0.374 e. The van der Waals surface area contributed by atoms with Crippen molar-refractivity contribution in [3.63, 3.8) is 0 Å². The van der Waals surface area contributed by atoms with Gasteiger partial charge in [-0.25, -0.2) is 9.59 Å². The minimum Gasteiger partial charge on any atom is -0.457 e. The molecule has 2 aliphatic carbocycles. The fourth-order valence-electron chi connectivity index (χ4n) is 6.92. The van der Waals surface area contributed by atoms with E-state index in [0.29, 0.717) is 24.0 Å². The van der Waals surface area contributed by atoms with Crippen LogP contribution in [0.2, 0.25) is 0 Å². The van der Waals surface area contributed by atoms with Crippen molar-refractivity contribution in [3.8, 4) is 0 Å². The Bertz CT molecular complexity index is 2040. The van der Waals surface area contributed by atoms with Crippen LogP contribution >= 0.6 is 0 Å². The van der Waals surface area contributed by atoms with Crippen molar-refractivity contribution in [2.75, 3.05) is 0 Å². The number of carbonyl (C=O) groups excluding carboxylic acids is 4. The van der Waals surface area contributed by atoms with E-state index in [9.17, 15) is 19.2 Å². The molecule has 2 aromatic rings. The standard InChI is InChI=1S/C50H56O8/c1-33(19-13-21-35(3)25-27-39-37(5)45(51)43(31-49(39,7)8)57-47(53)41-23-15-29-55-41)17-11-12-18-34(2)20-14-22-36(4)26-28-40-38(6)46(52)44(32-50(40,9)10)58-48(54)42-24-16-30-56-42/h11-30,43-44H,31-32H2,1-10H3/b12-11+,19-13+,20-14+,27-25+,28-26+,33-17+,34-18+,35-21+,36-22+. The van der Waals surface area contributed by atoms with E-state index < -0.39 is 24.1 Å². The first kappa shape index (κ1) is 44.7. The molecule has 0 bridgehead atoms. The van der Waals surface area contributed by atoms with Gasteiger partial charge >= 0.3 is 11.9 Å². The highest BCUT2D eigenvalue weighted by molar-refractivity contribution is 6.03. The Morgan fingerprint density at radius 1 is 0.586 bits per heavy atom. The van der Waals surface area contributed by atoms with Crippen molar-refractivity contribution in [2.45, 2.75) is 94.3 Å². The summed E-state index contributed by atoms with van der Waals surface area (Å²) in [4.78, 5) is 51.1. The van der Waals surface area contributed by atoms with Crippen molar-refractivity contribution < 1.29 is 37.5 Å². The second-order valence-electron chi connectivity index (χ2n) is 16.1. The largest absolute Gasteiger partial charge is 0.457 e.